The maximum Gasteiger partial charge on any atom is 0.273 e. The summed E-state index contributed by atoms with van der Waals surface area (Å²) in [5.41, 5.74) is 3.61. The molecule has 0 fully saturated rings. The third-order valence-corrected chi connectivity index (χ3v) is 6.30. The number of fused-ring (bicyclic) bond motifs is 1. The zero-order valence-electron chi connectivity index (χ0n) is 18.8. The van der Waals surface area contributed by atoms with Crippen LogP contribution in [0.1, 0.15) is 59.4 Å². The van der Waals surface area contributed by atoms with Gasteiger partial charge in [0.25, 0.3) is 5.91 Å². The van der Waals surface area contributed by atoms with Gasteiger partial charge in [-0.2, -0.15) is 5.10 Å². The molecule has 1 aliphatic rings. The molecule has 3 N–H and O–H groups in total. The second kappa shape index (κ2) is 9.85. The van der Waals surface area contributed by atoms with Gasteiger partial charge in [-0.25, -0.2) is 0 Å². The molecule has 3 aromatic rings. The zero-order chi connectivity index (χ0) is 23.5. The minimum atomic E-state index is -0.443. The third kappa shape index (κ3) is 4.43. The van der Waals surface area contributed by atoms with E-state index in [2.05, 4.69) is 17.1 Å². The van der Waals surface area contributed by atoms with Gasteiger partial charge in [-0.15, -0.1) is 0 Å². The molecular weight excluding hydrogens is 442 g/mol. The minimum Gasteiger partial charge on any atom is -0.507 e. The van der Waals surface area contributed by atoms with Crippen molar-refractivity contribution in [2.45, 2.75) is 39.2 Å². The normalized spacial score (nSPS) is 15.2. The first-order valence-corrected chi connectivity index (χ1v) is 11.6. The average Bonchev–Trinajstić information content (AvgIpc) is 3.34. The van der Waals surface area contributed by atoms with Gasteiger partial charge in [-0.3, -0.25) is 9.89 Å². The van der Waals surface area contributed by atoms with Gasteiger partial charge in [-0.1, -0.05) is 37.1 Å². The van der Waals surface area contributed by atoms with E-state index in [9.17, 15) is 15.0 Å². The van der Waals surface area contributed by atoms with E-state index >= 15 is 0 Å². The molecule has 1 amide bonds. The molecule has 2 aromatic carbocycles. The van der Waals surface area contributed by atoms with Crippen LogP contribution in [0.2, 0.25) is 5.02 Å². The van der Waals surface area contributed by atoms with Crippen LogP contribution in [-0.4, -0.2) is 51.0 Å². The highest BCUT2D eigenvalue weighted by Crippen LogP contribution is 2.45. The summed E-state index contributed by atoms with van der Waals surface area (Å²) >= 11 is 6.34. The molecule has 4 rings (SSSR count). The second-order valence-electron chi connectivity index (χ2n) is 8.23. The smallest absolute Gasteiger partial charge is 0.273 e. The number of aliphatic hydroxyl groups is 1. The molecule has 1 atom stereocenters. The van der Waals surface area contributed by atoms with Crippen LogP contribution < -0.4 is 4.74 Å². The summed E-state index contributed by atoms with van der Waals surface area (Å²) in [5, 5.41) is 27.8. The highest BCUT2D eigenvalue weighted by molar-refractivity contribution is 6.31. The van der Waals surface area contributed by atoms with Crippen molar-refractivity contribution in [3.8, 4) is 22.8 Å². The van der Waals surface area contributed by atoms with Crippen molar-refractivity contribution in [3.05, 3.63) is 63.8 Å². The first-order valence-electron chi connectivity index (χ1n) is 11.2. The SMILES string of the molecule is CCCCOc1cccc(C2c3c(-c4cc(Cl)c(C)cc4O)n[nH]c3C(=O)N2CCCO)c1. The van der Waals surface area contributed by atoms with Crippen LogP contribution in [0.25, 0.3) is 11.3 Å². The topological polar surface area (TPSA) is 98.7 Å². The highest BCUT2D eigenvalue weighted by Gasteiger charge is 2.42. The number of aromatic nitrogens is 2. The molecule has 0 saturated heterocycles. The predicted octanol–water partition coefficient (Wildman–Crippen LogP) is 4.85. The molecule has 174 valence electrons. The Morgan fingerprint density at radius 3 is 2.82 bits per heavy atom. The van der Waals surface area contributed by atoms with Gasteiger partial charge < -0.3 is 19.8 Å². The van der Waals surface area contributed by atoms with E-state index < -0.39 is 6.04 Å². The van der Waals surface area contributed by atoms with Gasteiger partial charge >= 0.3 is 0 Å². The molecule has 0 aliphatic carbocycles. The summed E-state index contributed by atoms with van der Waals surface area (Å²) in [6, 6.07) is 10.5. The molecule has 0 radical (unpaired) electrons. The summed E-state index contributed by atoms with van der Waals surface area (Å²) in [4.78, 5) is 15.0. The van der Waals surface area contributed by atoms with Gasteiger partial charge in [0.2, 0.25) is 0 Å². The number of H-pyrrole nitrogens is 1. The Kier molecular flexibility index (Phi) is 6.91. The number of phenolic OH excluding ortho intramolecular Hbond substituents is 1. The standard InChI is InChI=1S/C25H28ClN3O4/c1-3-4-11-33-17-8-5-7-16(13-17)24-21-22(18-14-19(26)15(2)12-20(18)31)27-28-23(21)25(32)29(24)9-6-10-30/h5,7-8,12-14,24,30-31H,3-4,6,9-11H2,1-2H3,(H,27,28). The number of unbranched alkanes of at least 4 members (excludes halogenated alkanes) is 1. The molecule has 1 unspecified atom stereocenters. The number of nitrogens with one attached hydrogen (secondary N) is 1. The number of rotatable bonds is 9. The number of carbonyl (C=O) groups is 1. The van der Waals surface area contributed by atoms with Crippen LogP contribution in [-0.2, 0) is 0 Å². The number of aliphatic hydroxyl groups excluding tert-OH is 1. The lowest BCUT2D eigenvalue weighted by atomic mass is 9.95. The summed E-state index contributed by atoms with van der Waals surface area (Å²) in [7, 11) is 0. The summed E-state index contributed by atoms with van der Waals surface area (Å²) in [6.07, 6.45) is 2.44. The number of benzene rings is 2. The minimum absolute atomic E-state index is 0.0237. The number of hydrogen-bond acceptors (Lipinski definition) is 5. The monoisotopic (exact) mass is 469 g/mol. The number of aryl methyl sites for hydroxylation is 1. The van der Waals surface area contributed by atoms with Crippen molar-refractivity contribution in [1.82, 2.24) is 15.1 Å². The van der Waals surface area contributed by atoms with E-state index in [0.29, 0.717) is 47.1 Å². The van der Waals surface area contributed by atoms with Crippen LogP contribution in [0.3, 0.4) is 0 Å². The Hall–Kier alpha value is -3.03. The molecule has 0 bridgehead atoms. The quantitative estimate of drug-likeness (QED) is 0.389. The molecule has 7 nitrogen and oxygen atoms in total. The molecule has 0 spiro atoms. The van der Waals surface area contributed by atoms with Crippen LogP contribution in [0.5, 0.6) is 11.5 Å². The first-order chi connectivity index (χ1) is 16.0. The number of halogens is 1. The van der Waals surface area contributed by atoms with Gasteiger partial charge in [0.1, 0.15) is 22.9 Å². The van der Waals surface area contributed by atoms with Gasteiger partial charge in [0, 0.05) is 29.3 Å². The molecule has 1 aliphatic heterocycles. The van der Waals surface area contributed by atoms with Crippen LogP contribution in [0.4, 0.5) is 0 Å². The Morgan fingerprint density at radius 1 is 1.24 bits per heavy atom. The summed E-state index contributed by atoms with van der Waals surface area (Å²) in [5.74, 6) is 0.579. The summed E-state index contributed by atoms with van der Waals surface area (Å²) in [6.45, 7) is 4.90. The maximum atomic E-state index is 13.3. The fourth-order valence-electron chi connectivity index (χ4n) is 4.18. The van der Waals surface area contributed by atoms with Crippen molar-refractivity contribution in [3.63, 3.8) is 0 Å². The number of phenols is 1. The molecular formula is C25H28ClN3O4. The Bertz CT molecular complexity index is 1160. The van der Waals surface area contributed by atoms with E-state index in [1.165, 1.54) is 0 Å². The van der Waals surface area contributed by atoms with Gasteiger partial charge in [0.05, 0.1) is 12.6 Å². The van der Waals surface area contributed by atoms with Crippen LogP contribution >= 0.6 is 11.6 Å². The largest absolute Gasteiger partial charge is 0.507 e. The van der Waals surface area contributed by atoms with E-state index in [1.807, 2.05) is 31.2 Å². The van der Waals surface area contributed by atoms with Crippen molar-refractivity contribution in [2.75, 3.05) is 19.8 Å². The van der Waals surface area contributed by atoms with E-state index in [-0.39, 0.29) is 18.3 Å². The van der Waals surface area contributed by atoms with Gasteiger partial charge in [-0.05, 0) is 55.2 Å². The number of carbonyl (C=O) groups excluding carboxylic acids is 1. The first kappa shape index (κ1) is 23.1. The van der Waals surface area contributed by atoms with Crippen molar-refractivity contribution in [2.24, 2.45) is 0 Å². The predicted molar refractivity (Wildman–Crippen MR) is 127 cm³/mol. The Labute approximate surface area is 198 Å². The fourth-order valence-corrected chi connectivity index (χ4v) is 4.35. The Morgan fingerprint density at radius 2 is 2.06 bits per heavy atom. The summed E-state index contributed by atoms with van der Waals surface area (Å²) < 4.78 is 5.90. The molecule has 2 heterocycles. The molecule has 0 saturated carbocycles. The number of nitrogens with zero attached hydrogens (tertiary/aromatic N) is 2. The Balaban J connectivity index is 1.82. The molecule has 8 heteroatoms. The number of aromatic hydroxyl groups is 1. The van der Waals surface area contributed by atoms with E-state index in [0.717, 1.165) is 29.7 Å². The fraction of sp³-hybridized carbons (Fsp3) is 0.360. The molecule has 33 heavy (non-hydrogen) atoms. The van der Waals surface area contributed by atoms with Crippen molar-refractivity contribution in [1.29, 1.82) is 0 Å². The average molecular weight is 470 g/mol. The number of ether oxygens (including phenoxy) is 1. The van der Waals surface area contributed by atoms with Crippen LogP contribution in [0.15, 0.2) is 36.4 Å². The maximum absolute atomic E-state index is 13.3. The van der Waals surface area contributed by atoms with E-state index in [4.69, 9.17) is 16.3 Å². The van der Waals surface area contributed by atoms with Crippen LogP contribution in [0, 0.1) is 6.92 Å². The van der Waals surface area contributed by atoms with Crippen molar-refractivity contribution >= 4 is 17.5 Å². The lowest BCUT2D eigenvalue weighted by molar-refractivity contribution is 0.0732. The zero-order valence-corrected chi connectivity index (χ0v) is 19.5. The lowest BCUT2D eigenvalue weighted by Gasteiger charge is -2.26. The highest BCUT2D eigenvalue weighted by atomic mass is 35.5. The number of aromatic amines is 1. The van der Waals surface area contributed by atoms with E-state index in [1.54, 1.807) is 17.0 Å². The number of hydrogen-bond donors (Lipinski definition) is 3. The second-order valence-corrected chi connectivity index (χ2v) is 8.64. The van der Waals surface area contributed by atoms with Crippen molar-refractivity contribution < 1.29 is 19.7 Å². The number of amides is 1. The third-order valence-electron chi connectivity index (χ3n) is 5.89. The van der Waals surface area contributed by atoms with Gasteiger partial charge in [0.15, 0.2) is 0 Å². The molecule has 1 aromatic heterocycles. The lowest BCUT2D eigenvalue weighted by Crippen LogP contribution is -2.31.